The van der Waals surface area contributed by atoms with Crippen molar-refractivity contribution in [2.24, 2.45) is 0 Å². The summed E-state index contributed by atoms with van der Waals surface area (Å²) in [6.07, 6.45) is -4.32. The molecular formula is C11H13BrF3NO. The largest absolute Gasteiger partial charge is 0.484 e. The summed E-state index contributed by atoms with van der Waals surface area (Å²) in [6.45, 7) is 1.87. The Balaban J connectivity index is 2.75. The average Bonchev–Trinajstić information content (AvgIpc) is 2.23. The summed E-state index contributed by atoms with van der Waals surface area (Å²) in [5, 5.41) is 3.05. The van der Waals surface area contributed by atoms with Crippen LogP contribution in [0, 0.1) is 0 Å². The SMILES string of the molecule is CCNCc1cc(Br)ccc1OCC(F)(F)F. The fraction of sp³-hybridized carbons (Fsp3) is 0.455. The Morgan fingerprint density at radius 2 is 2.06 bits per heavy atom. The van der Waals surface area contributed by atoms with Gasteiger partial charge in [0.1, 0.15) is 5.75 Å². The van der Waals surface area contributed by atoms with Crippen molar-refractivity contribution in [1.29, 1.82) is 0 Å². The molecule has 0 aliphatic heterocycles. The van der Waals surface area contributed by atoms with Crippen LogP contribution in [0.15, 0.2) is 22.7 Å². The Bertz CT molecular complexity index is 368. The molecule has 0 amide bonds. The van der Waals surface area contributed by atoms with E-state index in [9.17, 15) is 13.2 Å². The van der Waals surface area contributed by atoms with E-state index < -0.39 is 12.8 Å². The quantitative estimate of drug-likeness (QED) is 0.898. The van der Waals surface area contributed by atoms with E-state index >= 15 is 0 Å². The number of alkyl halides is 3. The molecule has 0 fully saturated rings. The molecule has 1 rings (SSSR count). The number of benzene rings is 1. The van der Waals surface area contributed by atoms with Crippen molar-refractivity contribution < 1.29 is 17.9 Å². The van der Waals surface area contributed by atoms with Gasteiger partial charge in [0.25, 0.3) is 0 Å². The molecule has 0 radical (unpaired) electrons. The lowest BCUT2D eigenvalue weighted by Crippen LogP contribution is -2.20. The van der Waals surface area contributed by atoms with Crippen LogP contribution in [0.3, 0.4) is 0 Å². The molecule has 6 heteroatoms. The number of hydrogen-bond donors (Lipinski definition) is 1. The van der Waals surface area contributed by atoms with Gasteiger partial charge in [0.2, 0.25) is 0 Å². The lowest BCUT2D eigenvalue weighted by atomic mass is 10.2. The van der Waals surface area contributed by atoms with E-state index in [4.69, 9.17) is 4.74 Å². The Hall–Kier alpha value is -0.750. The van der Waals surface area contributed by atoms with Gasteiger partial charge in [-0.2, -0.15) is 13.2 Å². The van der Waals surface area contributed by atoms with Gasteiger partial charge in [-0.05, 0) is 24.7 Å². The van der Waals surface area contributed by atoms with Crippen molar-refractivity contribution in [3.63, 3.8) is 0 Å². The molecule has 2 nitrogen and oxygen atoms in total. The van der Waals surface area contributed by atoms with Crippen LogP contribution in [0.4, 0.5) is 13.2 Å². The predicted octanol–water partition coefficient (Wildman–Crippen LogP) is 3.50. The van der Waals surface area contributed by atoms with Crippen LogP contribution in [0.1, 0.15) is 12.5 Å². The van der Waals surface area contributed by atoms with E-state index in [1.54, 1.807) is 12.1 Å². The van der Waals surface area contributed by atoms with Gasteiger partial charge in [-0.15, -0.1) is 0 Å². The smallest absolute Gasteiger partial charge is 0.422 e. The monoisotopic (exact) mass is 311 g/mol. The zero-order chi connectivity index (χ0) is 12.9. The summed E-state index contributed by atoms with van der Waals surface area (Å²) in [4.78, 5) is 0. The molecule has 1 aromatic carbocycles. The van der Waals surface area contributed by atoms with Crippen LogP contribution in [0.5, 0.6) is 5.75 Å². The topological polar surface area (TPSA) is 21.3 Å². The molecule has 1 aromatic rings. The van der Waals surface area contributed by atoms with E-state index in [0.717, 1.165) is 11.0 Å². The van der Waals surface area contributed by atoms with Gasteiger partial charge >= 0.3 is 6.18 Å². The molecule has 96 valence electrons. The van der Waals surface area contributed by atoms with E-state index in [0.29, 0.717) is 12.1 Å². The first-order valence-corrected chi connectivity index (χ1v) is 5.90. The summed E-state index contributed by atoms with van der Waals surface area (Å²) in [5.74, 6) is 0.256. The molecule has 0 aliphatic carbocycles. The van der Waals surface area contributed by atoms with Crippen molar-refractivity contribution in [1.82, 2.24) is 5.32 Å². The lowest BCUT2D eigenvalue weighted by Gasteiger charge is -2.13. The van der Waals surface area contributed by atoms with Gasteiger partial charge < -0.3 is 10.1 Å². The minimum atomic E-state index is -4.32. The van der Waals surface area contributed by atoms with Gasteiger partial charge in [-0.25, -0.2) is 0 Å². The zero-order valence-corrected chi connectivity index (χ0v) is 10.9. The van der Waals surface area contributed by atoms with Crippen molar-refractivity contribution in [3.8, 4) is 5.75 Å². The number of hydrogen-bond acceptors (Lipinski definition) is 2. The molecule has 0 atom stereocenters. The van der Waals surface area contributed by atoms with Crippen molar-refractivity contribution in [2.75, 3.05) is 13.2 Å². The molecule has 0 spiro atoms. The Morgan fingerprint density at radius 1 is 1.35 bits per heavy atom. The Morgan fingerprint density at radius 3 is 2.65 bits per heavy atom. The third kappa shape index (κ3) is 5.41. The Labute approximate surface area is 106 Å². The van der Waals surface area contributed by atoms with Gasteiger partial charge in [0.05, 0.1) is 0 Å². The lowest BCUT2D eigenvalue weighted by molar-refractivity contribution is -0.153. The molecule has 1 N–H and O–H groups in total. The molecule has 17 heavy (non-hydrogen) atoms. The van der Waals surface area contributed by atoms with Gasteiger partial charge in [-0.3, -0.25) is 0 Å². The maximum Gasteiger partial charge on any atom is 0.422 e. The second kappa shape index (κ2) is 6.26. The maximum absolute atomic E-state index is 12.1. The average molecular weight is 312 g/mol. The van der Waals surface area contributed by atoms with Crippen molar-refractivity contribution >= 4 is 15.9 Å². The van der Waals surface area contributed by atoms with E-state index in [1.807, 2.05) is 6.92 Å². The third-order valence-electron chi connectivity index (χ3n) is 1.98. The van der Waals surface area contributed by atoms with E-state index in [2.05, 4.69) is 21.2 Å². The van der Waals surface area contributed by atoms with Crippen LogP contribution >= 0.6 is 15.9 Å². The highest BCUT2D eigenvalue weighted by Crippen LogP contribution is 2.25. The van der Waals surface area contributed by atoms with E-state index in [1.165, 1.54) is 6.07 Å². The maximum atomic E-state index is 12.1. The number of ether oxygens (including phenoxy) is 1. The van der Waals surface area contributed by atoms with Gasteiger partial charge in [0, 0.05) is 16.6 Å². The second-order valence-corrected chi connectivity index (χ2v) is 4.35. The normalized spacial score (nSPS) is 11.6. The summed E-state index contributed by atoms with van der Waals surface area (Å²) < 4.78 is 41.7. The van der Waals surface area contributed by atoms with E-state index in [-0.39, 0.29) is 5.75 Å². The summed E-state index contributed by atoms with van der Waals surface area (Å²) in [5.41, 5.74) is 0.700. The van der Waals surface area contributed by atoms with Gasteiger partial charge in [0.15, 0.2) is 6.61 Å². The summed E-state index contributed by atoms with van der Waals surface area (Å²) in [7, 11) is 0. The first-order chi connectivity index (χ1) is 7.92. The molecule has 0 saturated heterocycles. The second-order valence-electron chi connectivity index (χ2n) is 3.44. The van der Waals surface area contributed by atoms with Crippen molar-refractivity contribution in [2.45, 2.75) is 19.6 Å². The van der Waals surface area contributed by atoms with Crippen LogP contribution in [0.2, 0.25) is 0 Å². The fourth-order valence-electron chi connectivity index (χ4n) is 1.25. The molecule has 0 unspecified atom stereocenters. The highest BCUT2D eigenvalue weighted by molar-refractivity contribution is 9.10. The minimum Gasteiger partial charge on any atom is -0.484 e. The third-order valence-corrected chi connectivity index (χ3v) is 2.47. The standard InChI is InChI=1S/C11H13BrF3NO/c1-2-16-6-8-5-9(12)3-4-10(8)17-7-11(13,14)15/h3-5,16H,2,6-7H2,1H3. The molecular weight excluding hydrogens is 299 g/mol. The highest BCUT2D eigenvalue weighted by Gasteiger charge is 2.28. The summed E-state index contributed by atoms with van der Waals surface area (Å²) in [6, 6.07) is 4.93. The Kier molecular flexibility index (Phi) is 5.27. The molecule has 0 heterocycles. The molecule has 0 aromatic heterocycles. The zero-order valence-electron chi connectivity index (χ0n) is 9.27. The molecule has 0 bridgehead atoms. The fourth-order valence-corrected chi connectivity index (χ4v) is 1.65. The highest BCUT2D eigenvalue weighted by atomic mass is 79.9. The molecule has 0 aliphatic rings. The first kappa shape index (κ1) is 14.3. The predicted molar refractivity (Wildman–Crippen MR) is 63.1 cm³/mol. The minimum absolute atomic E-state index is 0.256. The number of rotatable bonds is 5. The number of halogens is 4. The van der Waals surface area contributed by atoms with Gasteiger partial charge in [-0.1, -0.05) is 22.9 Å². The molecule has 0 saturated carbocycles. The summed E-state index contributed by atoms with van der Waals surface area (Å²) >= 11 is 3.27. The van der Waals surface area contributed by atoms with Crippen LogP contribution in [-0.2, 0) is 6.54 Å². The van der Waals surface area contributed by atoms with Crippen LogP contribution < -0.4 is 10.1 Å². The van der Waals surface area contributed by atoms with Crippen LogP contribution in [0.25, 0.3) is 0 Å². The number of nitrogens with one attached hydrogen (secondary N) is 1. The first-order valence-electron chi connectivity index (χ1n) is 5.11. The van der Waals surface area contributed by atoms with Crippen molar-refractivity contribution in [3.05, 3.63) is 28.2 Å². The van der Waals surface area contributed by atoms with Crippen LogP contribution in [-0.4, -0.2) is 19.3 Å².